The lowest BCUT2D eigenvalue weighted by atomic mass is 9.96. The van der Waals surface area contributed by atoms with E-state index in [1.165, 1.54) is 6.07 Å². The molecule has 2 aromatic rings. The number of aromatic nitrogens is 2. The van der Waals surface area contributed by atoms with E-state index in [0.29, 0.717) is 11.4 Å². The minimum absolute atomic E-state index is 0.271. The van der Waals surface area contributed by atoms with Crippen molar-refractivity contribution in [1.82, 2.24) is 9.55 Å². The average molecular weight is 247 g/mol. The van der Waals surface area contributed by atoms with Gasteiger partial charge in [-0.1, -0.05) is 6.07 Å². The molecule has 0 radical (unpaired) electrons. The Morgan fingerprint density at radius 2 is 2.22 bits per heavy atom. The molecule has 0 bridgehead atoms. The number of hydrogen-bond acceptors (Lipinski definition) is 2. The zero-order valence-electron chi connectivity index (χ0n) is 10.8. The average Bonchev–Trinajstić information content (AvgIpc) is 3.11. The second-order valence-electron chi connectivity index (χ2n) is 5.34. The fourth-order valence-electron chi connectivity index (χ4n) is 2.71. The Morgan fingerprint density at radius 3 is 2.83 bits per heavy atom. The summed E-state index contributed by atoms with van der Waals surface area (Å²) in [5, 5.41) is 0. The van der Waals surface area contributed by atoms with Crippen LogP contribution in [0.25, 0.3) is 11.0 Å². The Kier molecular flexibility index (Phi) is 2.45. The van der Waals surface area contributed by atoms with Gasteiger partial charge >= 0.3 is 0 Å². The van der Waals surface area contributed by atoms with E-state index in [-0.39, 0.29) is 5.82 Å². The van der Waals surface area contributed by atoms with Gasteiger partial charge < -0.3 is 10.3 Å². The largest absolute Gasteiger partial charge is 0.327 e. The Morgan fingerprint density at radius 1 is 1.50 bits per heavy atom. The highest BCUT2D eigenvalue weighted by atomic mass is 19.1. The van der Waals surface area contributed by atoms with Gasteiger partial charge in [0.2, 0.25) is 0 Å². The molecule has 0 saturated heterocycles. The molecule has 0 aliphatic heterocycles. The van der Waals surface area contributed by atoms with Gasteiger partial charge in [-0.25, -0.2) is 9.37 Å². The predicted octanol–water partition coefficient (Wildman–Crippen LogP) is 2.78. The van der Waals surface area contributed by atoms with Gasteiger partial charge in [0.05, 0.1) is 11.1 Å². The first-order valence-corrected chi connectivity index (χ1v) is 6.49. The summed E-state index contributed by atoms with van der Waals surface area (Å²) in [5.41, 5.74) is 7.25. The number of nitrogens with zero attached hydrogens (tertiary/aromatic N) is 2. The molecular weight excluding hydrogens is 229 g/mol. The topological polar surface area (TPSA) is 43.8 Å². The van der Waals surface area contributed by atoms with Gasteiger partial charge in [0.1, 0.15) is 11.3 Å². The second kappa shape index (κ2) is 3.79. The molecule has 1 fully saturated rings. The molecule has 1 heterocycles. The molecule has 1 aromatic heterocycles. The molecule has 2 N–H and O–H groups in total. The number of aryl methyl sites for hydroxylation is 1. The Bertz CT molecular complexity index is 596. The van der Waals surface area contributed by atoms with Gasteiger partial charge in [0.15, 0.2) is 5.82 Å². The summed E-state index contributed by atoms with van der Waals surface area (Å²) in [6.07, 6.45) is 2.28. The third-order valence-corrected chi connectivity index (χ3v) is 3.95. The predicted molar refractivity (Wildman–Crippen MR) is 69.6 cm³/mol. The number of halogens is 1. The van der Waals surface area contributed by atoms with Gasteiger partial charge in [0, 0.05) is 6.54 Å². The van der Waals surface area contributed by atoms with E-state index in [1.807, 2.05) is 24.5 Å². The SMILES string of the molecule is CCn1c(C(C)(N)C2CC2)nc2c(F)cccc21. The highest BCUT2D eigenvalue weighted by molar-refractivity contribution is 5.77. The lowest BCUT2D eigenvalue weighted by molar-refractivity contribution is 0.385. The molecule has 1 saturated carbocycles. The van der Waals surface area contributed by atoms with Gasteiger partial charge in [-0.2, -0.15) is 0 Å². The zero-order chi connectivity index (χ0) is 12.9. The summed E-state index contributed by atoms with van der Waals surface area (Å²) >= 11 is 0. The molecule has 3 nitrogen and oxygen atoms in total. The zero-order valence-corrected chi connectivity index (χ0v) is 10.8. The maximum Gasteiger partial charge on any atom is 0.151 e. The number of fused-ring (bicyclic) bond motifs is 1. The fraction of sp³-hybridized carbons (Fsp3) is 0.500. The number of para-hydroxylation sites is 1. The van der Waals surface area contributed by atoms with Crippen molar-refractivity contribution in [3.63, 3.8) is 0 Å². The van der Waals surface area contributed by atoms with Crippen molar-refractivity contribution < 1.29 is 4.39 Å². The normalized spacial score (nSPS) is 19.1. The van der Waals surface area contributed by atoms with E-state index < -0.39 is 5.54 Å². The first-order valence-electron chi connectivity index (χ1n) is 6.49. The fourth-order valence-corrected chi connectivity index (χ4v) is 2.71. The third kappa shape index (κ3) is 1.56. The van der Waals surface area contributed by atoms with Crippen LogP contribution in [0.15, 0.2) is 18.2 Å². The van der Waals surface area contributed by atoms with E-state index in [9.17, 15) is 4.39 Å². The Hall–Kier alpha value is -1.42. The molecule has 18 heavy (non-hydrogen) atoms. The van der Waals surface area contributed by atoms with Crippen LogP contribution >= 0.6 is 0 Å². The van der Waals surface area contributed by atoms with E-state index in [1.54, 1.807) is 6.07 Å². The number of imidazole rings is 1. The van der Waals surface area contributed by atoms with Crippen molar-refractivity contribution in [2.75, 3.05) is 0 Å². The molecule has 1 aliphatic rings. The Labute approximate surface area is 106 Å². The lowest BCUT2D eigenvalue weighted by Gasteiger charge is -2.24. The molecule has 96 valence electrons. The lowest BCUT2D eigenvalue weighted by Crippen LogP contribution is -2.38. The molecule has 4 heteroatoms. The first kappa shape index (κ1) is 11.7. The minimum Gasteiger partial charge on any atom is -0.327 e. The number of hydrogen-bond donors (Lipinski definition) is 1. The van der Waals surface area contributed by atoms with Crippen LogP contribution in [0.4, 0.5) is 4.39 Å². The van der Waals surface area contributed by atoms with Crippen LogP contribution in [-0.2, 0) is 12.1 Å². The second-order valence-corrected chi connectivity index (χ2v) is 5.34. The van der Waals surface area contributed by atoms with Crippen LogP contribution in [0.1, 0.15) is 32.5 Å². The minimum atomic E-state index is -0.457. The highest BCUT2D eigenvalue weighted by Crippen LogP contribution is 2.44. The molecule has 0 amide bonds. The maximum absolute atomic E-state index is 13.8. The van der Waals surface area contributed by atoms with Crippen LogP contribution in [0.2, 0.25) is 0 Å². The molecule has 1 atom stereocenters. The molecule has 0 spiro atoms. The molecule has 3 rings (SSSR count). The monoisotopic (exact) mass is 247 g/mol. The van der Waals surface area contributed by atoms with Crippen molar-refractivity contribution in [2.24, 2.45) is 11.7 Å². The van der Waals surface area contributed by atoms with Crippen molar-refractivity contribution >= 4 is 11.0 Å². The summed E-state index contributed by atoms with van der Waals surface area (Å²) < 4.78 is 15.8. The first-order chi connectivity index (χ1) is 8.55. The summed E-state index contributed by atoms with van der Waals surface area (Å²) in [5.74, 6) is 1.02. The van der Waals surface area contributed by atoms with E-state index >= 15 is 0 Å². The van der Waals surface area contributed by atoms with Crippen LogP contribution in [0.5, 0.6) is 0 Å². The van der Waals surface area contributed by atoms with E-state index in [2.05, 4.69) is 4.98 Å². The highest BCUT2D eigenvalue weighted by Gasteiger charge is 2.43. The van der Waals surface area contributed by atoms with Crippen molar-refractivity contribution in [1.29, 1.82) is 0 Å². The van der Waals surface area contributed by atoms with Crippen molar-refractivity contribution in [2.45, 2.75) is 38.8 Å². The molecule has 1 aromatic carbocycles. The van der Waals surface area contributed by atoms with E-state index in [4.69, 9.17) is 5.73 Å². The summed E-state index contributed by atoms with van der Waals surface area (Å²) in [4.78, 5) is 4.48. The standard InChI is InChI=1S/C14H18FN3/c1-3-18-11-6-4-5-10(15)12(11)17-13(18)14(2,16)9-7-8-9/h4-6,9H,3,7-8,16H2,1-2H3. The summed E-state index contributed by atoms with van der Waals surface area (Å²) in [6, 6.07) is 5.08. The van der Waals surface area contributed by atoms with Crippen LogP contribution in [0.3, 0.4) is 0 Å². The van der Waals surface area contributed by atoms with Gasteiger partial charge in [0.25, 0.3) is 0 Å². The number of benzene rings is 1. The summed E-state index contributed by atoms with van der Waals surface area (Å²) in [6.45, 7) is 4.81. The van der Waals surface area contributed by atoms with Gasteiger partial charge in [-0.15, -0.1) is 0 Å². The van der Waals surface area contributed by atoms with Crippen molar-refractivity contribution in [3.8, 4) is 0 Å². The maximum atomic E-state index is 13.8. The van der Waals surface area contributed by atoms with Crippen LogP contribution in [0, 0.1) is 11.7 Å². The molecular formula is C14H18FN3. The van der Waals surface area contributed by atoms with Crippen LogP contribution < -0.4 is 5.73 Å². The van der Waals surface area contributed by atoms with Crippen LogP contribution in [-0.4, -0.2) is 9.55 Å². The number of rotatable bonds is 3. The number of nitrogens with two attached hydrogens (primary N) is 1. The quantitative estimate of drug-likeness (QED) is 0.906. The Balaban J connectivity index is 2.25. The summed E-state index contributed by atoms with van der Waals surface area (Å²) in [7, 11) is 0. The smallest absolute Gasteiger partial charge is 0.151 e. The van der Waals surface area contributed by atoms with Gasteiger partial charge in [-0.3, -0.25) is 0 Å². The molecule has 1 aliphatic carbocycles. The van der Waals surface area contributed by atoms with Gasteiger partial charge in [-0.05, 0) is 44.7 Å². The van der Waals surface area contributed by atoms with E-state index in [0.717, 1.165) is 30.7 Å². The third-order valence-electron chi connectivity index (χ3n) is 3.95. The van der Waals surface area contributed by atoms with Crippen molar-refractivity contribution in [3.05, 3.63) is 29.8 Å². The molecule has 1 unspecified atom stereocenters.